The highest BCUT2D eigenvalue weighted by Crippen LogP contribution is 2.31. The number of sulfonamides is 1. The average molecular weight is 353 g/mol. The van der Waals surface area contributed by atoms with Crippen LogP contribution >= 0.6 is 0 Å². The Kier molecular flexibility index (Phi) is 4.99. The van der Waals surface area contributed by atoms with E-state index in [-0.39, 0.29) is 6.61 Å². The maximum Gasteiger partial charge on any atom is 0.240 e. The first-order chi connectivity index (χ1) is 11.5. The van der Waals surface area contributed by atoms with Crippen molar-refractivity contribution in [2.75, 3.05) is 13.7 Å². The Morgan fingerprint density at radius 2 is 2.00 bits per heavy atom. The quantitative estimate of drug-likeness (QED) is 0.896. The number of hydrogen-bond donors (Lipinski definition) is 1. The lowest BCUT2D eigenvalue weighted by Gasteiger charge is -2.26. The molecule has 1 heterocycles. The number of hydrogen-bond acceptors (Lipinski definition) is 5. The Morgan fingerprint density at radius 1 is 1.25 bits per heavy atom. The summed E-state index contributed by atoms with van der Waals surface area (Å²) in [5, 5.41) is -0.448. The Hall–Kier alpha value is -1.76. The third-order valence-corrected chi connectivity index (χ3v) is 6.62. The van der Waals surface area contributed by atoms with Gasteiger partial charge in [-0.15, -0.1) is 0 Å². The summed E-state index contributed by atoms with van der Waals surface area (Å²) in [5.74, 6) is 0.413. The fourth-order valence-corrected chi connectivity index (χ4v) is 4.90. The Labute approximate surface area is 142 Å². The third-order valence-electron chi connectivity index (χ3n) is 4.79. The highest BCUT2D eigenvalue weighted by molar-refractivity contribution is 7.90. The van der Waals surface area contributed by atoms with Crippen molar-refractivity contribution in [3.05, 3.63) is 23.8 Å². The fraction of sp³-hybridized carbons (Fsp3) is 0.588. The molecule has 0 spiro atoms. The third kappa shape index (κ3) is 3.66. The van der Waals surface area contributed by atoms with Gasteiger partial charge in [-0.3, -0.25) is 9.52 Å². The van der Waals surface area contributed by atoms with Crippen LogP contribution in [0.1, 0.15) is 37.7 Å². The van der Waals surface area contributed by atoms with E-state index in [4.69, 9.17) is 9.47 Å². The van der Waals surface area contributed by atoms with E-state index in [0.29, 0.717) is 30.8 Å². The number of rotatable bonds is 4. The highest BCUT2D eigenvalue weighted by Gasteiger charge is 2.33. The molecular formula is C17H23NO5S. The number of carbonyl (C=O) groups excluding carboxylic acids is 1. The molecule has 1 saturated carbocycles. The van der Waals surface area contributed by atoms with Gasteiger partial charge in [0.1, 0.15) is 18.1 Å². The van der Waals surface area contributed by atoms with Gasteiger partial charge in [0.2, 0.25) is 15.9 Å². The van der Waals surface area contributed by atoms with Gasteiger partial charge in [0.15, 0.2) is 0 Å². The van der Waals surface area contributed by atoms with Crippen LogP contribution in [0.15, 0.2) is 18.2 Å². The second-order valence-electron chi connectivity index (χ2n) is 6.46. The molecular weight excluding hydrogens is 330 g/mol. The summed E-state index contributed by atoms with van der Waals surface area (Å²) in [7, 11) is -2.01. The minimum Gasteiger partial charge on any atom is -0.497 e. The van der Waals surface area contributed by atoms with E-state index in [0.717, 1.165) is 24.8 Å². The summed E-state index contributed by atoms with van der Waals surface area (Å²) in [4.78, 5) is 12.4. The monoisotopic (exact) mass is 353 g/mol. The molecule has 24 heavy (non-hydrogen) atoms. The average Bonchev–Trinajstić information content (AvgIpc) is 2.61. The van der Waals surface area contributed by atoms with E-state index < -0.39 is 27.1 Å². The lowest BCUT2D eigenvalue weighted by molar-refractivity contribution is -0.124. The van der Waals surface area contributed by atoms with Crippen LogP contribution in [-0.2, 0) is 21.2 Å². The lowest BCUT2D eigenvalue weighted by Crippen LogP contribution is -2.44. The van der Waals surface area contributed by atoms with Crippen LogP contribution in [0, 0.1) is 5.92 Å². The highest BCUT2D eigenvalue weighted by atomic mass is 32.2. The first-order valence-electron chi connectivity index (χ1n) is 8.35. The topological polar surface area (TPSA) is 81.7 Å². The van der Waals surface area contributed by atoms with E-state index >= 15 is 0 Å². The summed E-state index contributed by atoms with van der Waals surface area (Å²) in [6.45, 7) is 0.173. The Morgan fingerprint density at radius 3 is 2.71 bits per heavy atom. The van der Waals surface area contributed by atoms with Crippen molar-refractivity contribution in [3.8, 4) is 11.5 Å². The molecule has 6 nitrogen and oxygen atoms in total. The molecule has 0 unspecified atom stereocenters. The van der Waals surface area contributed by atoms with Gasteiger partial charge in [-0.05, 0) is 30.9 Å². The number of fused-ring (bicyclic) bond motifs is 1. The van der Waals surface area contributed by atoms with Gasteiger partial charge in [0.05, 0.1) is 18.3 Å². The van der Waals surface area contributed by atoms with Crippen LogP contribution < -0.4 is 14.2 Å². The maximum atomic E-state index is 12.4. The number of carbonyl (C=O) groups is 1. The summed E-state index contributed by atoms with van der Waals surface area (Å²) in [5.41, 5.74) is 0.886. The molecule has 132 valence electrons. The predicted octanol–water partition coefficient (Wildman–Crippen LogP) is 2.02. The Bertz CT molecular complexity index is 710. The predicted molar refractivity (Wildman–Crippen MR) is 89.6 cm³/mol. The van der Waals surface area contributed by atoms with Crippen LogP contribution in [0.3, 0.4) is 0 Å². The minimum atomic E-state index is -3.60. The molecule has 0 saturated heterocycles. The molecule has 1 aliphatic heterocycles. The minimum absolute atomic E-state index is 0.173. The van der Waals surface area contributed by atoms with Gasteiger partial charge in [-0.2, -0.15) is 0 Å². The lowest BCUT2D eigenvalue weighted by atomic mass is 9.96. The van der Waals surface area contributed by atoms with Crippen molar-refractivity contribution in [1.29, 1.82) is 0 Å². The van der Waals surface area contributed by atoms with Gasteiger partial charge in [0.25, 0.3) is 0 Å². The van der Waals surface area contributed by atoms with E-state index in [9.17, 15) is 13.2 Å². The first kappa shape index (κ1) is 17.1. The van der Waals surface area contributed by atoms with Crippen LogP contribution in [0.5, 0.6) is 11.5 Å². The van der Waals surface area contributed by atoms with E-state index in [1.54, 1.807) is 19.2 Å². The van der Waals surface area contributed by atoms with Crippen molar-refractivity contribution in [1.82, 2.24) is 4.72 Å². The zero-order valence-electron chi connectivity index (χ0n) is 13.8. The Balaban J connectivity index is 1.65. The van der Waals surface area contributed by atoms with Crippen LogP contribution in [0.4, 0.5) is 0 Å². The van der Waals surface area contributed by atoms with Crippen molar-refractivity contribution >= 4 is 15.9 Å². The summed E-state index contributed by atoms with van der Waals surface area (Å²) in [6, 6.07) is 5.44. The van der Waals surface area contributed by atoms with E-state index in [1.807, 2.05) is 6.07 Å². The summed E-state index contributed by atoms with van der Waals surface area (Å²) in [6.07, 6.45) is 4.60. The first-order valence-corrected chi connectivity index (χ1v) is 9.89. The molecule has 7 heteroatoms. The SMILES string of the molecule is COc1ccc2c(c1)OC[C@H](C(=O)NS(=O)(=O)C1CCCCC1)C2. The smallest absolute Gasteiger partial charge is 0.240 e. The molecule has 1 fully saturated rings. The maximum absolute atomic E-state index is 12.4. The van der Waals surface area contributed by atoms with Crippen molar-refractivity contribution in [2.24, 2.45) is 5.92 Å². The van der Waals surface area contributed by atoms with E-state index in [1.165, 1.54) is 0 Å². The van der Waals surface area contributed by atoms with Crippen LogP contribution in [-0.4, -0.2) is 33.3 Å². The fourth-order valence-electron chi connectivity index (χ4n) is 3.33. The molecule has 1 aromatic carbocycles. The van der Waals surface area contributed by atoms with Crippen LogP contribution in [0.2, 0.25) is 0 Å². The van der Waals surface area contributed by atoms with Gasteiger partial charge >= 0.3 is 0 Å². The second kappa shape index (κ2) is 7.01. The molecule has 1 aromatic rings. The van der Waals surface area contributed by atoms with Gasteiger partial charge < -0.3 is 9.47 Å². The van der Waals surface area contributed by atoms with Crippen molar-refractivity contribution in [2.45, 2.75) is 43.8 Å². The molecule has 0 bridgehead atoms. The molecule has 1 N–H and O–H groups in total. The van der Waals surface area contributed by atoms with E-state index in [2.05, 4.69) is 4.72 Å². The van der Waals surface area contributed by atoms with Crippen LogP contribution in [0.25, 0.3) is 0 Å². The molecule has 1 aliphatic carbocycles. The molecule has 0 radical (unpaired) electrons. The summed E-state index contributed by atoms with van der Waals surface area (Å²) < 4.78 is 37.8. The zero-order chi connectivity index (χ0) is 17.2. The van der Waals surface area contributed by atoms with Gasteiger partial charge in [0, 0.05) is 6.07 Å². The largest absolute Gasteiger partial charge is 0.497 e. The van der Waals surface area contributed by atoms with Gasteiger partial charge in [-0.25, -0.2) is 8.42 Å². The number of nitrogens with one attached hydrogen (secondary N) is 1. The summed E-state index contributed by atoms with van der Waals surface area (Å²) >= 11 is 0. The second-order valence-corrected chi connectivity index (χ2v) is 8.42. The molecule has 1 amide bonds. The normalized spacial score (nSPS) is 21.5. The number of amides is 1. The van der Waals surface area contributed by atoms with Crippen molar-refractivity contribution < 1.29 is 22.7 Å². The molecule has 2 aliphatic rings. The standard InChI is InChI=1S/C17H23NO5S/c1-22-14-8-7-12-9-13(11-23-16(12)10-14)17(19)18-24(20,21)15-5-3-2-4-6-15/h7-8,10,13,15H,2-6,9,11H2,1H3,(H,18,19)/t13-/m1/s1. The van der Waals surface area contributed by atoms with Crippen molar-refractivity contribution in [3.63, 3.8) is 0 Å². The zero-order valence-corrected chi connectivity index (χ0v) is 14.6. The molecule has 1 atom stereocenters. The number of benzene rings is 1. The number of methoxy groups -OCH3 is 1. The van der Waals surface area contributed by atoms with Gasteiger partial charge in [-0.1, -0.05) is 25.3 Å². The number of ether oxygens (including phenoxy) is 2. The molecule has 0 aromatic heterocycles. The molecule has 3 rings (SSSR count).